The molecule has 0 aliphatic carbocycles. The minimum atomic E-state index is -0.866. The van der Waals surface area contributed by atoms with E-state index in [1.54, 1.807) is 12.1 Å². The van der Waals surface area contributed by atoms with Crippen LogP contribution in [0.25, 0.3) is 10.6 Å². The second-order valence-corrected chi connectivity index (χ2v) is 7.41. The van der Waals surface area contributed by atoms with Gasteiger partial charge in [-0.2, -0.15) is 0 Å². The zero-order chi connectivity index (χ0) is 18.7. The van der Waals surface area contributed by atoms with Crippen molar-refractivity contribution in [2.24, 2.45) is 0 Å². The van der Waals surface area contributed by atoms with E-state index < -0.39 is 5.97 Å². The molecule has 1 amide bonds. The molecule has 2 aromatic heterocycles. The first-order chi connectivity index (χ1) is 12.4. The number of thiazole rings is 2. The number of amides is 1. The smallest absolute Gasteiger partial charge is 0.307 e. The Morgan fingerprint density at radius 1 is 1.23 bits per heavy atom. The lowest BCUT2D eigenvalue weighted by atomic mass is 10.1. The summed E-state index contributed by atoms with van der Waals surface area (Å²) in [6, 6.07) is 7.24. The van der Waals surface area contributed by atoms with Crippen LogP contribution in [0.3, 0.4) is 0 Å². The molecule has 134 valence electrons. The summed E-state index contributed by atoms with van der Waals surface area (Å²) in [4.78, 5) is 31.8. The maximum absolute atomic E-state index is 11.2. The van der Waals surface area contributed by atoms with Crippen molar-refractivity contribution in [3.05, 3.63) is 40.9 Å². The Hall–Kier alpha value is -2.78. The Morgan fingerprint density at radius 2 is 2.04 bits per heavy atom. The highest BCUT2D eigenvalue weighted by Crippen LogP contribution is 2.35. The molecule has 3 aromatic rings. The fraction of sp³-hybridized carbons (Fsp3) is 0.176. The molecule has 2 heterocycles. The molecule has 0 spiro atoms. The van der Waals surface area contributed by atoms with Gasteiger partial charge < -0.3 is 15.7 Å². The Morgan fingerprint density at radius 3 is 2.77 bits per heavy atom. The number of aliphatic carboxylic acids is 1. The number of rotatable bonds is 6. The number of carbonyl (C=O) groups is 2. The predicted molar refractivity (Wildman–Crippen MR) is 103 cm³/mol. The summed E-state index contributed by atoms with van der Waals surface area (Å²) >= 11 is 2.82. The number of anilines is 3. The fourth-order valence-electron chi connectivity index (χ4n) is 2.33. The van der Waals surface area contributed by atoms with Crippen LogP contribution in [-0.2, 0) is 16.0 Å². The van der Waals surface area contributed by atoms with E-state index in [-0.39, 0.29) is 12.3 Å². The zero-order valence-electron chi connectivity index (χ0n) is 14.1. The highest BCUT2D eigenvalue weighted by atomic mass is 32.1. The molecule has 0 saturated heterocycles. The van der Waals surface area contributed by atoms with E-state index in [1.165, 1.54) is 29.6 Å². The van der Waals surface area contributed by atoms with Crippen molar-refractivity contribution in [1.29, 1.82) is 0 Å². The van der Waals surface area contributed by atoms with E-state index in [9.17, 15) is 9.59 Å². The Bertz CT molecular complexity index is 965. The molecule has 0 aliphatic heterocycles. The van der Waals surface area contributed by atoms with E-state index in [4.69, 9.17) is 5.11 Å². The molecule has 3 N–H and O–H groups in total. The minimum Gasteiger partial charge on any atom is -0.481 e. The molecule has 0 unspecified atom stereocenters. The van der Waals surface area contributed by atoms with Crippen LogP contribution >= 0.6 is 22.7 Å². The number of hydrogen-bond acceptors (Lipinski definition) is 7. The monoisotopic (exact) mass is 388 g/mol. The number of benzene rings is 1. The predicted octanol–water partition coefficient (Wildman–Crippen LogP) is 3.90. The van der Waals surface area contributed by atoms with Gasteiger partial charge in [0.15, 0.2) is 10.3 Å². The molecule has 0 bridgehead atoms. The highest BCUT2D eigenvalue weighted by molar-refractivity contribution is 7.20. The summed E-state index contributed by atoms with van der Waals surface area (Å²) in [6.07, 6.45) is -0.0232. The van der Waals surface area contributed by atoms with Crippen LogP contribution < -0.4 is 10.6 Å². The van der Waals surface area contributed by atoms with E-state index in [1.807, 2.05) is 24.4 Å². The lowest BCUT2D eigenvalue weighted by Gasteiger charge is -2.04. The van der Waals surface area contributed by atoms with Crippen LogP contribution in [0.5, 0.6) is 0 Å². The van der Waals surface area contributed by atoms with Gasteiger partial charge in [0.1, 0.15) is 0 Å². The van der Waals surface area contributed by atoms with E-state index in [2.05, 4.69) is 20.6 Å². The molecule has 26 heavy (non-hydrogen) atoms. The second kappa shape index (κ2) is 7.63. The standard InChI is InChI=1S/C17H16N4O3S2/c1-9-15(26-17(18-9)19-10(2)22)13-8-25-16(21-13)20-12-5-3-4-11(6-12)7-14(23)24/h3-6,8H,7H2,1-2H3,(H,20,21)(H,23,24)(H,18,19,22). The van der Waals surface area contributed by atoms with Crippen molar-refractivity contribution in [2.75, 3.05) is 10.6 Å². The number of carbonyl (C=O) groups excluding carboxylic acids is 1. The largest absolute Gasteiger partial charge is 0.481 e. The van der Waals surface area contributed by atoms with Gasteiger partial charge in [-0.1, -0.05) is 23.5 Å². The molecule has 0 fully saturated rings. The highest BCUT2D eigenvalue weighted by Gasteiger charge is 2.14. The number of nitrogens with zero attached hydrogens (tertiary/aromatic N) is 2. The first kappa shape index (κ1) is 18.0. The summed E-state index contributed by atoms with van der Waals surface area (Å²) < 4.78 is 0. The van der Waals surface area contributed by atoms with Crippen LogP contribution in [0, 0.1) is 6.92 Å². The topological polar surface area (TPSA) is 104 Å². The molecular weight excluding hydrogens is 372 g/mol. The van der Waals surface area contributed by atoms with Gasteiger partial charge in [-0.3, -0.25) is 9.59 Å². The van der Waals surface area contributed by atoms with E-state index >= 15 is 0 Å². The third-order valence-corrected chi connectivity index (χ3v) is 5.20. The van der Waals surface area contributed by atoms with Crippen LogP contribution in [0.2, 0.25) is 0 Å². The summed E-state index contributed by atoms with van der Waals surface area (Å²) in [5, 5.41) is 17.9. The van der Waals surface area contributed by atoms with Crippen LogP contribution in [-0.4, -0.2) is 27.0 Å². The molecule has 0 atom stereocenters. The van der Waals surface area contributed by atoms with Gasteiger partial charge in [0.05, 0.1) is 22.7 Å². The lowest BCUT2D eigenvalue weighted by Crippen LogP contribution is -2.04. The molecular formula is C17H16N4O3S2. The minimum absolute atomic E-state index is 0.0232. The van der Waals surface area contributed by atoms with E-state index in [0.717, 1.165) is 27.5 Å². The Balaban J connectivity index is 1.77. The number of aryl methyl sites for hydroxylation is 1. The summed E-state index contributed by atoms with van der Waals surface area (Å²) in [6.45, 7) is 3.32. The number of carboxylic acid groups (broad SMARTS) is 1. The molecule has 0 saturated carbocycles. The third kappa shape index (κ3) is 4.44. The molecule has 7 nitrogen and oxygen atoms in total. The van der Waals surface area contributed by atoms with Crippen LogP contribution in [0.4, 0.5) is 16.0 Å². The third-order valence-electron chi connectivity index (χ3n) is 3.35. The maximum Gasteiger partial charge on any atom is 0.307 e. The van der Waals surface area contributed by atoms with Gasteiger partial charge in [0, 0.05) is 18.0 Å². The number of nitrogens with one attached hydrogen (secondary N) is 2. The van der Waals surface area contributed by atoms with Crippen molar-refractivity contribution in [1.82, 2.24) is 9.97 Å². The van der Waals surface area contributed by atoms with Crippen molar-refractivity contribution >= 4 is 50.5 Å². The number of hydrogen-bond donors (Lipinski definition) is 3. The number of carboxylic acids is 1. The SMILES string of the molecule is CC(=O)Nc1nc(C)c(-c2csc(Nc3cccc(CC(=O)O)c3)n2)s1. The Kier molecular flexibility index (Phi) is 5.29. The van der Waals surface area contributed by atoms with Gasteiger partial charge in [0.2, 0.25) is 5.91 Å². The molecule has 0 radical (unpaired) electrons. The van der Waals surface area contributed by atoms with Gasteiger partial charge in [-0.05, 0) is 24.6 Å². The quantitative estimate of drug-likeness (QED) is 0.591. The average molecular weight is 388 g/mol. The summed E-state index contributed by atoms with van der Waals surface area (Å²) in [7, 11) is 0. The molecule has 1 aromatic carbocycles. The average Bonchev–Trinajstić information content (AvgIpc) is 3.13. The molecule has 3 rings (SSSR count). The molecule has 0 aliphatic rings. The maximum atomic E-state index is 11.2. The summed E-state index contributed by atoms with van der Waals surface area (Å²) in [5.41, 5.74) is 3.09. The first-order valence-electron chi connectivity index (χ1n) is 7.69. The van der Waals surface area contributed by atoms with Gasteiger partial charge >= 0.3 is 5.97 Å². The lowest BCUT2D eigenvalue weighted by molar-refractivity contribution is -0.136. The zero-order valence-corrected chi connectivity index (χ0v) is 15.7. The van der Waals surface area contributed by atoms with Crippen molar-refractivity contribution in [2.45, 2.75) is 20.3 Å². The fourth-order valence-corrected chi connectivity index (χ4v) is 4.10. The first-order valence-corrected chi connectivity index (χ1v) is 9.39. The normalized spacial score (nSPS) is 10.5. The van der Waals surface area contributed by atoms with Crippen molar-refractivity contribution in [3.63, 3.8) is 0 Å². The number of aromatic nitrogens is 2. The summed E-state index contributed by atoms with van der Waals surface area (Å²) in [5.74, 6) is -1.03. The molecule has 9 heteroatoms. The Labute approximate surface area is 157 Å². The second-order valence-electron chi connectivity index (χ2n) is 5.55. The van der Waals surface area contributed by atoms with Gasteiger partial charge in [-0.25, -0.2) is 9.97 Å². The van der Waals surface area contributed by atoms with Gasteiger partial charge in [-0.15, -0.1) is 11.3 Å². The van der Waals surface area contributed by atoms with Crippen molar-refractivity contribution < 1.29 is 14.7 Å². The van der Waals surface area contributed by atoms with Crippen LogP contribution in [0.1, 0.15) is 18.2 Å². The van der Waals surface area contributed by atoms with E-state index in [0.29, 0.717) is 10.3 Å². The van der Waals surface area contributed by atoms with Crippen molar-refractivity contribution in [3.8, 4) is 10.6 Å². The van der Waals surface area contributed by atoms with Gasteiger partial charge in [0.25, 0.3) is 0 Å². The van der Waals surface area contributed by atoms with Crippen LogP contribution in [0.15, 0.2) is 29.6 Å².